The van der Waals surface area contributed by atoms with Crippen molar-refractivity contribution in [3.05, 3.63) is 30.4 Å². The zero-order valence-electron chi connectivity index (χ0n) is 13.1. The van der Waals surface area contributed by atoms with Crippen molar-refractivity contribution in [2.45, 2.75) is 44.9 Å². The van der Waals surface area contributed by atoms with Crippen LogP contribution in [-0.4, -0.2) is 28.3 Å². The second kappa shape index (κ2) is 7.49. The summed E-state index contributed by atoms with van der Waals surface area (Å²) in [6.07, 6.45) is 9.20. The van der Waals surface area contributed by atoms with Gasteiger partial charge in [-0.25, -0.2) is 0 Å². The van der Waals surface area contributed by atoms with Crippen molar-refractivity contribution in [2.24, 2.45) is 5.92 Å². The molecule has 3 rings (SSSR count). The van der Waals surface area contributed by atoms with Crippen LogP contribution in [0.15, 0.2) is 29.0 Å². The van der Waals surface area contributed by atoms with Gasteiger partial charge in [0.1, 0.15) is 0 Å². The smallest absolute Gasteiger partial charge is 0.230 e. The molecule has 1 saturated carbocycles. The molecule has 1 aliphatic rings. The number of rotatable bonds is 7. The van der Waals surface area contributed by atoms with Gasteiger partial charge in [-0.15, -0.1) is 0 Å². The molecule has 0 radical (unpaired) electrons. The summed E-state index contributed by atoms with van der Waals surface area (Å²) in [4.78, 5) is 8.57. The summed E-state index contributed by atoms with van der Waals surface area (Å²) in [6.45, 7) is 3.93. The zero-order valence-corrected chi connectivity index (χ0v) is 13.1. The van der Waals surface area contributed by atoms with Crippen LogP contribution in [0.1, 0.15) is 50.8 Å². The predicted molar refractivity (Wildman–Crippen MR) is 83.3 cm³/mol. The standard InChI is InChI=1S/C17H23N3O2/c1-2-3-10-21-12-13-4-5-15(11-13)17-19-16(20-22-17)14-6-8-18-9-7-14/h6-9,13,15H,2-5,10-12H2,1H3. The first-order chi connectivity index (χ1) is 10.9. The highest BCUT2D eigenvalue weighted by Gasteiger charge is 2.30. The molecule has 0 aliphatic heterocycles. The Kier molecular flexibility index (Phi) is 5.16. The van der Waals surface area contributed by atoms with E-state index >= 15 is 0 Å². The fourth-order valence-electron chi connectivity index (χ4n) is 2.97. The van der Waals surface area contributed by atoms with E-state index in [4.69, 9.17) is 9.26 Å². The SMILES string of the molecule is CCCCOCC1CCC(c2nc(-c3ccncc3)no2)C1. The summed E-state index contributed by atoms with van der Waals surface area (Å²) >= 11 is 0. The first-order valence-electron chi connectivity index (χ1n) is 8.18. The van der Waals surface area contributed by atoms with Gasteiger partial charge in [0.05, 0.1) is 0 Å². The Hall–Kier alpha value is -1.75. The second-order valence-electron chi connectivity index (χ2n) is 6.00. The lowest BCUT2D eigenvalue weighted by Gasteiger charge is -2.09. The van der Waals surface area contributed by atoms with Crippen molar-refractivity contribution in [1.29, 1.82) is 0 Å². The topological polar surface area (TPSA) is 61.0 Å². The summed E-state index contributed by atoms with van der Waals surface area (Å²) in [7, 11) is 0. The monoisotopic (exact) mass is 301 g/mol. The lowest BCUT2D eigenvalue weighted by Crippen LogP contribution is -2.07. The van der Waals surface area contributed by atoms with E-state index < -0.39 is 0 Å². The van der Waals surface area contributed by atoms with Gasteiger partial charge in [0, 0.05) is 37.1 Å². The molecule has 5 heteroatoms. The molecule has 0 spiro atoms. The highest BCUT2D eigenvalue weighted by molar-refractivity contribution is 5.52. The van der Waals surface area contributed by atoms with Gasteiger partial charge in [0.25, 0.3) is 0 Å². The summed E-state index contributed by atoms with van der Waals surface area (Å²) < 4.78 is 11.2. The quantitative estimate of drug-likeness (QED) is 0.727. The maximum atomic E-state index is 5.74. The van der Waals surface area contributed by atoms with Gasteiger partial charge in [-0.05, 0) is 43.7 Å². The fourth-order valence-corrected chi connectivity index (χ4v) is 2.97. The molecule has 2 atom stereocenters. The van der Waals surface area contributed by atoms with Crippen LogP contribution in [0.5, 0.6) is 0 Å². The van der Waals surface area contributed by atoms with Crippen molar-refractivity contribution in [2.75, 3.05) is 13.2 Å². The van der Waals surface area contributed by atoms with Crippen molar-refractivity contribution in [3.8, 4) is 11.4 Å². The molecule has 22 heavy (non-hydrogen) atoms. The Labute approximate surface area is 131 Å². The minimum Gasteiger partial charge on any atom is -0.381 e. The molecule has 2 aromatic heterocycles. The normalized spacial score (nSPS) is 21.3. The largest absolute Gasteiger partial charge is 0.381 e. The van der Waals surface area contributed by atoms with Crippen LogP contribution in [0.4, 0.5) is 0 Å². The fraction of sp³-hybridized carbons (Fsp3) is 0.588. The number of hydrogen-bond donors (Lipinski definition) is 0. The lowest BCUT2D eigenvalue weighted by molar-refractivity contribution is 0.0981. The first kappa shape index (κ1) is 15.2. The van der Waals surface area contributed by atoms with Gasteiger partial charge in [0.2, 0.25) is 11.7 Å². The third-order valence-electron chi connectivity index (χ3n) is 4.27. The number of pyridine rings is 1. The van der Waals surface area contributed by atoms with E-state index in [2.05, 4.69) is 22.0 Å². The number of hydrogen-bond acceptors (Lipinski definition) is 5. The molecule has 1 aliphatic carbocycles. The molecule has 0 bridgehead atoms. The van der Waals surface area contributed by atoms with Crippen molar-refractivity contribution in [3.63, 3.8) is 0 Å². The molecule has 5 nitrogen and oxygen atoms in total. The number of aromatic nitrogens is 3. The number of unbranched alkanes of at least 4 members (excludes halogenated alkanes) is 1. The zero-order chi connectivity index (χ0) is 15.2. The Balaban J connectivity index is 1.54. The highest BCUT2D eigenvalue weighted by atomic mass is 16.5. The van der Waals surface area contributed by atoms with Crippen LogP contribution in [0.25, 0.3) is 11.4 Å². The Morgan fingerprint density at radius 2 is 2.14 bits per heavy atom. The van der Waals surface area contributed by atoms with Crippen LogP contribution in [-0.2, 0) is 4.74 Å². The molecule has 2 heterocycles. The van der Waals surface area contributed by atoms with Gasteiger partial charge < -0.3 is 9.26 Å². The van der Waals surface area contributed by atoms with Crippen molar-refractivity contribution < 1.29 is 9.26 Å². The van der Waals surface area contributed by atoms with Gasteiger partial charge in [-0.3, -0.25) is 4.98 Å². The molecule has 0 N–H and O–H groups in total. The highest BCUT2D eigenvalue weighted by Crippen LogP contribution is 2.38. The van der Waals surface area contributed by atoms with E-state index in [1.165, 1.54) is 12.8 Å². The maximum Gasteiger partial charge on any atom is 0.230 e. The Morgan fingerprint density at radius 1 is 1.27 bits per heavy atom. The van der Waals surface area contributed by atoms with E-state index in [0.29, 0.717) is 17.7 Å². The van der Waals surface area contributed by atoms with Crippen molar-refractivity contribution >= 4 is 0 Å². The third-order valence-corrected chi connectivity index (χ3v) is 4.27. The van der Waals surface area contributed by atoms with Crippen LogP contribution in [0.2, 0.25) is 0 Å². The lowest BCUT2D eigenvalue weighted by atomic mass is 10.1. The van der Waals surface area contributed by atoms with E-state index in [9.17, 15) is 0 Å². The summed E-state index contributed by atoms with van der Waals surface area (Å²) in [6, 6.07) is 3.79. The summed E-state index contributed by atoms with van der Waals surface area (Å²) in [5, 5.41) is 4.10. The number of nitrogens with zero attached hydrogens (tertiary/aromatic N) is 3. The molecule has 0 aromatic carbocycles. The van der Waals surface area contributed by atoms with Crippen molar-refractivity contribution in [1.82, 2.24) is 15.1 Å². The van der Waals surface area contributed by atoms with Gasteiger partial charge in [0.15, 0.2) is 0 Å². The molecular weight excluding hydrogens is 278 g/mol. The molecule has 0 amide bonds. The molecule has 2 aromatic rings. The predicted octanol–water partition coefficient (Wildman–Crippen LogP) is 3.83. The van der Waals surface area contributed by atoms with Gasteiger partial charge >= 0.3 is 0 Å². The third kappa shape index (κ3) is 3.71. The molecule has 0 saturated heterocycles. The van der Waals surface area contributed by atoms with Gasteiger partial charge in [-0.2, -0.15) is 4.98 Å². The minimum atomic E-state index is 0.378. The summed E-state index contributed by atoms with van der Waals surface area (Å²) in [5.41, 5.74) is 0.947. The molecule has 2 unspecified atom stereocenters. The molecular formula is C17H23N3O2. The Bertz CT molecular complexity index is 570. The van der Waals surface area contributed by atoms with Crippen LogP contribution in [0.3, 0.4) is 0 Å². The number of ether oxygens (including phenoxy) is 1. The first-order valence-corrected chi connectivity index (χ1v) is 8.18. The van der Waals surface area contributed by atoms with Crippen LogP contribution < -0.4 is 0 Å². The van der Waals surface area contributed by atoms with E-state index in [0.717, 1.165) is 43.9 Å². The van der Waals surface area contributed by atoms with Gasteiger partial charge in [-0.1, -0.05) is 18.5 Å². The van der Waals surface area contributed by atoms with E-state index in [-0.39, 0.29) is 0 Å². The average molecular weight is 301 g/mol. The van der Waals surface area contributed by atoms with E-state index in [1.807, 2.05) is 12.1 Å². The Morgan fingerprint density at radius 3 is 2.95 bits per heavy atom. The maximum absolute atomic E-state index is 5.74. The van der Waals surface area contributed by atoms with E-state index in [1.54, 1.807) is 12.4 Å². The second-order valence-corrected chi connectivity index (χ2v) is 6.00. The summed E-state index contributed by atoms with van der Waals surface area (Å²) in [5.74, 6) is 2.42. The average Bonchev–Trinajstić information content (AvgIpc) is 3.21. The van der Waals surface area contributed by atoms with Crippen LogP contribution in [0, 0.1) is 5.92 Å². The molecule has 118 valence electrons. The van der Waals surface area contributed by atoms with Crippen LogP contribution >= 0.6 is 0 Å². The molecule has 1 fully saturated rings. The minimum absolute atomic E-state index is 0.378.